The molecule has 1 spiro atoms. The first-order valence-corrected chi connectivity index (χ1v) is 9.96. The van der Waals surface area contributed by atoms with E-state index in [2.05, 4.69) is 28.6 Å². The summed E-state index contributed by atoms with van der Waals surface area (Å²) >= 11 is 1.81. The average Bonchev–Trinajstić information content (AvgIpc) is 3.23. The van der Waals surface area contributed by atoms with E-state index in [-0.39, 0.29) is 11.5 Å². The number of piperidine rings is 1. The Labute approximate surface area is 152 Å². The lowest BCUT2D eigenvalue weighted by molar-refractivity contribution is -0.140. The molecule has 0 unspecified atom stereocenters. The molecule has 0 atom stereocenters. The number of hydrogen-bond acceptors (Lipinski definition) is 4. The molecule has 2 aliphatic rings. The van der Waals surface area contributed by atoms with Crippen molar-refractivity contribution in [2.24, 2.45) is 0 Å². The fourth-order valence-electron chi connectivity index (χ4n) is 4.01. The molecule has 1 fully saturated rings. The fraction of sp³-hybridized carbons (Fsp3) is 0.579. The van der Waals surface area contributed by atoms with Crippen LogP contribution in [-0.2, 0) is 28.0 Å². The zero-order chi connectivity index (χ0) is 17.4. The number of ether oxygens (including phenoxy) is 1. The molecule has 4 rings (SSSR count). The third kappa shape index (κ3) is 3.02. The van der Waals surface area contributed by atoms with Crippen LogP contribution in [0.5, 0.6) is 0 Å². The number of aromatic nitrogens is 2. The second kappa shape index (κ2) is 6.57. The quantitative estimate of drug-likeness (QED) is 0.916. The summed E-state index contributed by atoms with van der Waals surface area (Å²) in [5.41, 5.74) is 4.57. The van der Waals surface area contributed by atoms with Crippen LogP contribution in [0.15, 0.2) is 11.4 Å². The smallest absolute Gasteiger partial charge is 0.222 e. The molecule has 2 aromatic heterocycles. The van der Waals surface area contributed by atoms with E-state index in [4.69, 9.17) is 4.74 Å². The number of nitrogens with zero attached hydrogens (tertiary/aromatic N) is 2. The molecular weight excluding hydrogens is 334 g/mol. The van der Waals surface area contributed by atoms with Gasteiger partial charge in [-0.15, -0.1) is 11.3 Å². The van der Waals surface area contributed by atoms with Gasteiger partial charge < -0.3 is 9.64 Å². The van der Waals surface area contributed by atoms with Gasteiger partial charge in [0.25, 0.3) is 0 Å². The first kappa shape index (κ1) is 16.8. The summed E-state index contributed by atoms with van der Waals surface area (Å²) in [5.74, 6) is 0.233. The number of likely N-dealkylation sites (tertiary alicyclic amines) is 1. The van der Waals surface area contributed by atoms with Crippen molar-refractivity contribution in [2.75, 3.05) is 19.7 Å². The minimum absolute atomic E-state index is 0.144. The Morgan fingerprint density at radius 2 is 2.20 bits per heavy atom. The number of hydrogen-bond donors (Lipinski definition) is 1. The molecule has 1 amide bonds. The van der Waals surface area contributed by atoms with Crippen LogP contribution in [0.3, 0.4) is 0 Å². The van der Waals surface area contributed by atoms with Crippen molar-refractivity contribution in [3.05, 3.63) is 38.8 Å². The van der Waals surface area contributed by atoms with E-state index in [0.29, 0.717) is 12.8 Å². The molecule has 5 nitrogen and oxygen atoms in total. The van der Waals surface area contributed by atoms with Gasteiger partial charge in [-0.25, -0.2) is 0 Å². The third-order valence-corrected chi connectivity index (χ3v) is 6.91. The highest BCUT2D eigenvalue weighted by molar-refractivity contribution is 7.10. The van der Waals surface area contributed by atoms with Gasteiger partial charge in [-0.3, -0.25) is 9.89 Å². The maximum atomic E-state index is 12.6. The maximum Gasteiger partial charge on any atom is 0.222 e. The Morgan fingerprint density at radius 1 is 1.40 bits per heavy atom. The highest BCUT2D eigenvalue weighted by Crippen LogP contribution is 2.44. The third-order valence-electron chi connectivity index (χ3n) is 5.76. The van der Waals surface area contributed by atoms with Crippen molar-refractivity contribution >= 4 is 17.2 Å². The van der Waals surface area contributed by atoms with Crippen LogP contribution in [-0.4, -0.2) is 40.7 Å². The number of carbonyl (C=O) groups excluding carboxylic acids is 1. The summed E-state index contributed by atoms with van der Waals surface area (Å²) in [6.45, 7) is 6.45. The van der Waals surface area contributed by atoms with Gasteiger partial charge in [-0.2, -0.15) is 5.10 Å². The standard InChI is InChI=1S/C19H25N3O2S/c1-13-14(2)20-21-16(13)3-4-17(23)22-9-7-19(8-10-22)18-15(5-11-24-19)6-12-25-18/h6,12H,3-5,7-11H2,1-2H3,(H,20,21). The number of carbonyl (C=O) groups is 1. The Hall–Kier alpha value is -1.66. The van der Waals surface area contributed by atoms with Crippen LogP contribution in [0.4, 0.5) is 0 Å². The van der Waals surface area contributed by atoms with E-state index in [9.17, 15) is 4.79 Å². The Balaban J connectivity index is 1.36. The van der Waals surface area contributed by atoms with E-state index in [1.807, 2.05) is 23.2 Å². The van der Waals surface area contributed by atoms with Gasteiger partial charge in [0.15, 0.2) is 0 Å². The number of amides is 1. The van der Waals surface area contributed by atoms with Gasteiger partial charge in [0.05, 0.1) is 12.3 Å². The lowest BCUT2D eigenvalue weighted by atomic mass is 9.85. The lowest BCUT2D eigenvalue weighted by Crippen LogP contribution is -2.47. The van der Waals surface area contributed by atoms with Crippen LogP contribution < -0.4 is 0 Å². The van der Waals surface area contributed by atoms with Crippen LogP contribution in [0.2, 0.25) is 0 Å². The van der Waals surface area contributed by atoms with E-state index in [0.717, 1.165) is 50.3 Å². The lowest BCUT2D eigenvalue weighted by Gasteiger charge is -2.43. The molecule has 0 radical (unpaired) electrons. The minimum Gasteiger partial charge on any atom is -0.369 e. The molecule has 0 saturated carbocycles. The summed E-state index contributed by atoms with van der Waals surface area (Å²) < 4.78 is 6.23. The Morgan fingerprint density at radius 3 is 2.92 bits per heavy atom. The average molecular weight is 359 g/mol. The molecule has 0 aromatic carbocycles. The van der Waals surface area contributed by atoms with Crippen molar-refractivity contribution in [3.63, 3.8) is 0 Å². The zero-order valence-electron chi connectivity index (χ0n) is 14.9. The number of fused-ring (bicyclic) bond motifs is 2. The molecule has 2 aromatic rings. The van der Waals surface area contributed by atoms with E-state index in [1.54, 1.807) is 0 Å². The van der Waals surface area contributed by atoms with Gasteiger partial charge in [-0.1, -0.05) is 0 Å². The molecular formula is C19H25N3O2S. The Bertz CT molecular complexity index is 771. The topological polar surface area (TPSA) is 58.2 Å². The summed E-state index contributed by atoms with van der Waals surface area (Å²) in [6.07, 6.45) is 4.08. The first-order valence-electron chi connectivity index (χ1n) is 9.08. The normalized spacial score (nSPS) is 19.2. The van der Waals surface area contributed by atoms with E-state index < -0.39 is 0 Å². The zero-order valence-corrected chi connectivity index (χ0v) is 15.7. The Kier molecular flexibility index (Phi) is 4.41. The molecule has 0 bridgehead atoms. The van der Waals surface area contributed by atoms with Crippen molar-refractivity contribution in [1.29, 1.82) is 0 Å². The number of aromatic amines is 1. The molecule has 25 heavy (non-hydrogen) atoms. The SMILES string of the molecule is Cc1[nH]nc(CCC(=O)N2CCC3(CC2)OCCc2ccsc23)c1C. The fourth-order valence-corrected chi connectivity index (χ4v) is 5.17. The van der Waals surface area contributed by atoms with Gasteiger partial charge in [0, 0.05) is 36.5 Å². The summed E-state index contributed by atoms with van der Waals surface area (Å²) in [6, 6.07) is 2.23. The van der Waals surface area contributed by atoms with Gasteiger partial charge in [0.2, 0.25) is 5.91 Å². The predicted molar refractivity (Wildman–Crippen MR) is 97.8 cm³/mol. The van der Waals surface area contributed by atoms with Crippen LogP contribution >= 0.6 is 11.3 Å². The summed E-state index contributed by atoms with van der Waals surface area (Å²) in [5, 5.41) is 9.47. The monoisotopic (exact) mass is 359 g/mol. The molecule has 0 aliphatic carbocycles. The summed E-state index contributed by atoms with van der Waals surface area (Å²) in [4.78, 5) is 16.0. The van der Waals surface area contributed by atoms with Crippen LogP contribution in [0.1, 0.15) is 46.7 Å². The van der Waals surface area contributed by atoms with Gasteiger partial charge >= 0.3 is 0 Å². The highest BCUT2D eigenvalue weighted by Gasteiger charge is 2.42. The molecule has 6 heteroatoms. The number of aryl methyl sites for hydroxylation is 2. The molecule has 134 valence electrons. The predicted octanol–water partition coefficient (Wildman–Crippen LogP) is 3.11. The second-order valence-electron chi connectivity index (χ2n) is 7.17. The van der Waals surface area contributed by atoms with E-state index >= 15 is 0 Å². The maximum absolute atomic E-state index is 12.6. The molecule has 1 N–H and O–H groups in total. The van der Waals surface area contributed by atoms with Crippen LogP contribution in [0.25, 0.3) is 0 Å². The van der Waals surface area contributed by atoms with Crippen molar-refractivity contribution in [1.82, 2.24) is 15.1 Å². The second-order valence-corrected chi connectivity index (χ2v) is 8.08. The number of nitrogens with one attached hydrogen (secondary N) is 1. The van der Waals surface area contributed by atoms with Crippen molar-refractivity contribution in [3.8, 4) is 0 Å². The molecule has 1 saturated heterocycles. The number of thiophene rings is 1. The minimum atomic E-state index is -0.144. The number of rotatable bonds is 3. The van der Waals surface area contributed by atoms with Crippen molar-refractivity contribution < 1.29 is 9.53 Å². The van der Waals surface area contributed by atoms with Crippen LogP contribution in [0, 0.1) is 13.8 Å². The first-order chi connectivity index (χ1) is 12.1. The van der Waals surface area contributed by atoms with Gasteiger partial charge in [-0.05, 0) is 55.7 Å². The van der Waals surface area contributed by atoms with Gasteiger partial charge in [0.1, 0.15) is 5.60 Å². The highest BCUT2D eigenvalue weighted by atomic mass is 32.1. The van der Waals surface area contributed by atoms with Crippen molar-refractivity contribution in [2.45, 2.75) is 51.6 Å². The van der Waals surface area contributed by atoms with E-state index in [1.165, 1.54) is 16.0 Å². The number of H-pyrrole nitrogens is 1. The molecule has 4 heterocycles. The molecule has 2 aliphatic heterocycles. The largest absolute Gasteiger partial charge is 0.369 e. The summed E-state index contributed by atoms with van der Waals surface area (Å²) in [7, 11) is 0.